The number of amides is 2. The second-order valence-electron chi connectivity index (χ2n) is 9.55. The molecule has 4 rings (SSSR count). The van der Waals surface area contributed by atoms with Crippen LogP contribution in [-0.4, -0.2) is 66.5 Å². The Kier molecular flexibility index (Phi) is 8.81. The molecule has 9 nitrogen and oxygen atoms in total. The van der Waals surface area contributed by atoms with Crippen molar-refractivity contribution in [2.45, 2.75) is 32.4 Å². The van der Waals surface area contributed by atoms with Crippen LogP contribution in [-0.2, 0) is 11.3 Å². The SMILES string of the molecule is Cc1cc(Nc2nccc(-c3cccc(CNC(=O)[C@@H]4CCCN4)c3)n2)ccc1C(=O)NCCN(C)C. The van der Waals surface area contributed by atoms with E-state index in [2.05, 4.69) is 31.2 Å². The van der Waals surface area contributed by atoms with Crippen LogP contribution in [0.1, 0.15) is 34.3 Å². The summed E-state index contributed by atoms with van der Waals surface area (Å²) in [6.07, 6.45) is 3.63. The highest BCUT2D eigenvalue weighted by molar-refractivity contribution is 5.96. The number of aromatic nitrogens is 2. The average Bonchev–Trinajstić information content (AvgIpc) is 3.43. The van der Waals surface area contributed by atoms with Crippen LogP contribution in [0.15, 0.2) is 54.7 Å². The van der Waals surface area contributed by atoms with E-state index >= 15 is 0 Å². The summed E-state index contributed by atoms with van der Waals surface area (Å²) in [6, 6.07) is 15.3. The summed E-state index contributed by atoms with van der Waals surface area (Å²) in [5.41, 5.74) is 5.04. The van der Waals surface area contributed by atoms with Crippen LogP contribution in [0.2, 0.25) is 0 Å². The van der Waals surface area contributed by atoms with Crippen molar-refractivity contribution in [2.75, 3.05) is 39.0 Å². The summed E-state index contributed by atoms with van der Waals surface area (Å²) in [7, 11) is 3.95. The van der Waals surface area contributed by atoms with E-state index in [0.717, 1.165) is 54.0 Å². The number of hydrogen-bond donors (Lipinski definition) is 4. The largest absolute Gasteiger partial charge is 0.351 e. The molecule has 1 aliphatic rings. The number of hydrogen-bond acceptors (Lipinski definition) is 7. The molecule has 1 atom stereocenters. The predicted octanol–water partition coefficient (Wildman–Crippen LogP) is 2.86. The molecule has 9 heteroatoms. The van der Waals surface area contributed by atoms with Crippen molar-refractivity contribution in [2.24, 2.45) is 0 Å². The van der Waals surface area contributed by atoms with Gasteiger partial charge in [-0.15, -0.1) is 0 Å². The molecule has 1 aliphatic heterocycles. The molecule has 0 radical (unpaired) electrons. The van der Waals surface area contributed by atoms with Crippen LogP contribution in [0, 0.1) is 6.92 Å². The molecule has 4 N–H and O–H groups in total. The average molecular weight is 502 g/mol. The molecular formula is C28H35N7O2. The first kappa shape index (κ1) is 26.2. The minimum absolute atomic E-state index is 0.0452. The smallest absolute Gasteiger partial charge is 0.251 e. The maximum absolute atomic E-state index is 12.5. The number of likely N-dealkylation sites (N-methyl/N-ethyl adjacent to an activating group) is 1. The summed E-state index contributed by atoms with van der Waals surface area (Å²) in [6.45, 7) is 4.66. The molecule has 2 heterocycles. The molecule has 1 saturated heterocycles. The van der Waals surface area contributed by atoms with E-state index in [1.807, 2.05) is 74.4 Å². The molecule has 0 saturated carbocycles. The standard InChI is InChI=1S/C28H35N7O2/c1-19-16-22(9-10-23(19)26(36)30-14-15-35(2)3)33-28-31-13-11-24(34-28)21-7-4-6-20(17-21)18-32-27(37)25-8-5-12-29-25/h4,6-7,9-11,13,16-17,25,29H,5,8,12,14-15,18H2,1-3H3,(H,30,36)(H,32,37)(H,31,33,34)/t25-/m0/s1. The van der Waals surface area contributed by atoms with Gasteiger partial charge in [-0.3, -0.25) is 9.59 Å². The lowest BCUT2D eigenvalue weighted by Gasteiger charge is -2.13. The van der Waals surface area contributed by atoms with Crippen LogP contribution >= 0.6 is 0 Å². The highest BCUT2D eigenvalue weighted by Crippen LogP contribution is 2.22. The van der Waals surface area contributed by atoms with Crippen LogP contribution in [0.5, 0.6) is 0 Å². The summed E-state index contributed by atoms with van der Waals surface area (Å²) in [5, 5.41) is 12.4. The molecule has 1 aromatic heterocycles. The third-order valence-corrected chi connectivity index (χ3v) is 6.29. The maximum atomic E-state index is 12.5. The maximum Gasteiger partial charge on any atom is 0.251 e. The zero-order valence-corrected chi connectivity index (χ0v) is 21.7. The molecule has 3 aromatic rings. The number of aryl methyl sites for hydroxylation is 1. The second kappa shape index (κ2) is 12.4. The second-order valence-corrected chi connectivity index (χ2v) is 9.55. The normalized spacial score (nSPS) is 15.0. The number of carbonyl (C=O) groups is 2. The number of benzene rings is 2. The third kappa shape index (κ3) is 7.34. The monoisotopic (exact) mass is 501 g/mol. The molecule has 0 aliphatic carbocycles. The van der Waals surface area contributed by atoms with Gasteiger partial charge in [0.1, 0.15) is 0 Å². The first-order valence-corrected chi connectivity index (χ1v) is 12.6. The summed E-state index contributed by atoms with van der Waals surface area (Å²) >= 11 is 0. The number of rotatable bonds is 10. The fourth-order valence-corrected chi connectivity index (χ4v) is 4.25. The van der Waals surface area contributed by atoms with E-state index in [0.29, 0.717) is 24.6 Å². The van der Waals surface area contributed by atoms with Gasteiger partial charge in [-0.2, -0.15) is 0 Å². The molecule has 2 amide bonds. The lowest BCUT2D eigenvalue weighted by atomic mass is 10.1. The number of nitrogens with one attached hydrogen (secondary N) is 4. The molecule has 2 aromatic carbocycles. The van der Waals surface area contributed by atoms with Gasteiger partial charge in [0.05, 0.1) is 11.7 Å². The summed E-state index contributed by atoms with van der Waals surface area (Å²) < 4.78 is 0. The van der Waals surface area contributed by atoms with Crippen LogP contribution in [0.25, 0.3) is 11.3 Å². The van der Waals surface area contributed by atoms with E-state index in [9.17, 15) is 9.59 Å². The Bertz CT molecular complexity index is 1240. The van der Waals surface area contributed by atoms with Crippen molar-refractivity contribution in [1.29, 1.82) is 0 Å². The zero-order chi connectivity index (χ0) is 26.2. The van der Waals surface area contributed by atoms with Gasteiger partial charge >= 0.3 is 0 Å². The van der Waals surface area contributed by atoms with Crippen molar-refractivity contribution >= 4 is 23.5 Å². The van der Waals surface area contributed by atoms with Crippen molar-refractivity contribution < 1.29 is 9.59 Å². The van der Waals surface area contributed by atoms with E-state index < -0.39 is 0 Å². The van der Waals surface area contributed by atoms with Gasteiger partial charge in [-0.25, -0.2) is 9.97 Å². The lowest BCUT2D eigenvalue weighted by molar-refractivity contribution is -0.122. The van der Waals surface area contributed by atoms with Crippen molar-refractivity contribution in [3.05, 3.63) is 71.4 Å². The zero-order valence-electron chi connectivity index (χ0n) is 21.7. The van der Waals surface area contributed by atoms with Crippen molar-refractivity contribution in [1.82, 2.24) is 30.8 Å². The predicted molar refractivity (Wildman–Crippen MR) is 146 cm³/mol. The molecule has 0 spiro atoms. The van der Waals surface area contributed by atoms with Gasteiger partial charge in [-0.05, 0) is 81.9 Å². The highest BCUT2D eigenvalue weighted by Gasteiger charge is 2.21. The van der Waals surface area contributed by atoms with Gasteiger partial charge in [0.2, 0.25) is 11.9 Å². The molecular weight excluding hydrogens is 466 g/mol. The van der Waals surface area contributed by atoms with Crippen molar-refractivity contribution in [3.8, 4) is 11.3 Å². The summed E-state index contributed by atoms with van der Waals surface area (Å²) in [4.78, 5) is 35.9. The van der Waals surface area contributed by atoms with Crippen molar-refractivity contribution in [3.63, 3.8) is 0 Å². The van der Waals surface area contributed by atoms with Crippen LogP contribution in [0.3, 0.4) is 0 Å². The Morgan fingerprint density at radius 2 is 1.97 bits per heavy atom. The van der Waals surface area contributed by atoms with Crippen LogP contribution in [0.4, 0.5) is 11.6 Å². The van der Waals surface area contributed by atoms with Gasteiger partial charge in [-0.1, -0.05) is 18.2 Å². The number of nitrogens with zero attached hydrogens (tertiary/aromatic N) is 3. The third-order valence-electron chi connectivity index (χ3n) is 6.29. The Morgan fingerprint density at radius 1 is 1.11 bits per heavy atom. The highest BCUT2D eigenvalue weighted by atomic mass is 16.2. The number of carbonyl (C=O) groups excluding carboxylic acids is 2. The molecule has 0 bridgehead atoms. The fraction of sp³-hybridized carbons (Fsp3) is 0.357. The first-order valence-electron chi connectivity index (χ1n) is 12.6. The summed E-state index contributed by atoms with van der Waals surface area (Å²) in [5.74, 6) is 0.426. The Balaban J connectivity index is 1.39. The van der Waals surface area contributed by atoms with Gasteiger partial charge < -0.3 is 26.2 Å². The molecule has 1 fully saturated rings. The minimum Gasteiger partial charge on any atom is -0.351 e. The van der Waals surface area contributed by atoms with E-state index in [1.54, 1.807) is 6.20 Å². The Labute approximate surface area is 218 Å². The van der Waals surface area contributed by atoms with Gasteiger partial charge in [0.25, 0.3) is 5.91 Å². The van der Waals surface area contributed by atoms with Gasteiger partial charge in [0.15, 0.2) is 0 Å². The van der Waals surface area contributed by atoms with E-state index in [4.69, 9.17) is 0 Å². The quantitative estimate of drug-likeness (QED) is 0.338. The fourth-order valence-electron chi connectivity index (χ4n) is 4.25. The molecule has 0 unspecified atom stereocenters. The first-order chi connectivity index (χ1) is 17.9. The lowest BCUT2D eigenvalue weighted by Crippen LogP contribution is -2.39. The topological polar surface area (TPSA) is 111 Å². The van der Waals surface area contributed by atoms with Gasteiger partial charge in [0, 0.05) is 42.6 Å². The van der Waals surface area contributed by atoms with Crippen LogP contribution < -0.4 is 21.3 Å². The Morgan fingerprint density at radius 3 is 2.73 bits per heavy atom. The van der Waals surface area contributed by atoms with E-state index in [1.165, 1.54) is 0 Å². The molecule has 37 heavy (non-hydrogen) atoms. The minimum atomic E-state index is -0.0890. The van der Waals surface area contributed by atoms with E-state index in [-0.39, 0.29) is 17.9 Å². The molecule has 194 valence electrons. The Hall–Kier alpha value is -3.82. The number of anilines is 2.